The van der Waals surface area contributed by atoms with Crippen molar-refractivity contribution >= 4 is 21.6 Å². The Bertz CT molecular complexity index is 566. The molecule has 0 fully saturated rings. The molecule has 1 N–H and O–H groups in total. The average molecular weight is 336 g/mol. The zero-order chi connectivity index (χ0) is 14.5. The topological polar surface area (TPSA) is 12.0 Å². The third-order valence-electron chi connectivity index (χ3n) is 3.59. The fourth-order valence-corrected chi connectivity index (χ4v) is 2.52. The summed E-state index contributed by atoms with van der Waals surface area (Å²) in [6, 6.07) is 13.3. The van der Waals surface area contributed by atoms with E-state index in [0.717, 1.165) is 22.1 Å². The molecule has 0 saturated carbocycles. The van der Waals surface area contributed by atoms with E-state index in [-0.39, 0.29) is 5.82 Å². The Hall–Kier alpha value is -1.35. The molecule has 0 spiro atoms. The first kappa shape index (κ1) is 15.0. The SMILES string of the molecule is CCC(C)c1ccc(NCc2ccc(F)cc2Br)cc1. The number of anilines is 1. The highest BCUT2D eigenvalue weighted by atomic mass is 79.9. The molecule has 20 heavy (non-hydrogen) atoms. The van der Waals surface area contributed by atoms with Crippen LogP contribution in [-0.2, 0) is 6.54 Å². The van der Waals surface area contributed by atoms with Crippen LogP contribution in [0.1, 0.15) is 37.3 Å². The Balaban J connectivity index is 2.00. The van der Waals surface area contributed by atoms with Gasteiger partial charge in [-0.3, -0.25) is 0 Å². The van der Waals surface area contributed by atoms with E-state index >= 15 is 0 Å². The van der Waals surface area contributed by atoms with Crippen molar-refractivity contribution in [2.75, 3.05) is 5.32 Å². The minimum absolute atomic E-state index is 0.224. The van der Waals surface area contributed by atoms with Crippen molar-refractivity contribution in [2.24, 2.45) is 0 Å². The first-order valence-corrected chi connectivity index (χ1v) is 7.67. The first-order valence-electron chi connectivity index (χ1n) is 6.88. The van der Waals surface area contributed by atoms with E-state index in [1.54, 1.807) is 6.07 Å². The Morgan fingerprint density at radius 3 is 2.45 bits per heavy atom. The molecule has 2 aromatic carbocycles. The summed E-state index contributed by atoms with van der Waals surface area (Å²) in [5.74, 6) is 0.369. The Kier molecular flexibility index (Phi) is 5.18. The van der Waals surface area contributed by atoms with Gasteiger partial charge < -0.3 is 5.32 Å². The molecule has 1 unspecified atom stereocenters. The van der Waals surface area contributed by atoms with Gasteiger partial charge in [-0.2, -0.15) is 0 Å². The van der Waals surface area contributed by atoms with E-state index in [1.165, 1.54) is 17.7 Å². The van der Waals surface area contributed by atoms with Crippen LogP contribution < -0.4 is 5.32 Å². The molecule has 2 rings (SSSR count). The Morgan fingerprint density at radius 1 is 1.15 bits per heavy atom. The van der Waals surface area contributed by atoms with Crippen molar-refractivity contribution in [2.45, 2.75) is 32.7 Å². The highest BCUT2D eigenvalue weighted by molar-refractivity contribution is 9.10. The zero-order valence-corrected chi connectivity index (χ0v) is 13.4. The number of hydrogen-bond acceptors (Lipinski definition) is 1. The van der Waals surface area contributed by atoms with Crippen LogP contribution in [0.2, 0.25) is 0 Å². The van der Waals surface area contributed by atoms with Gasteiger partial charge in [0.15, 0.2) is 0 Å². The second-order valence-corrected chi connectivity index (χ2v) is 5.87. The number of nitrogens with one attached hydrogen (secondary N) is 1. The molecule has 0 bridgehead atoms. The normalized spacial score (nSPS) is 12.2. The first-order chi connectivity index (χ1) is 9.60. The van der Waals surface area contributed by atoms with E-state index in [2.05, 4.69) is 59.4 Å². The summed E-state index contributed by atoms with van der Waals surface area (Å²) in [6.45, 7) is 5.10. The molecule has 0 amide bonds. The minimum Gasteiger partial charge on any atom is -0.381 e. The van der Waals surface area contributed by atoms with Crippen LogP contribution >= 0.6 is 15.9 Å². The molecule has 1 atom stereocenters. The Labute approximate surface area is 128 Å². The van der Waals surface area contributed by atoms with Crippen molar-refractivity contribution in [1.82, 2.24) is 0 Å². The van der Waals surface area contributed by atoms with E-state index in [4.69, 9.17) is 0 Å². The highest BCUT2D eigenvalue weighted by Crippen LogP contribution is 2.22. The molecule has 0 aliphatic heterocycles. The summed E-state index contributed by atoms with van der Waals surface area (Å²) >= 11 is 3.38. The van der Waals surface area contributed by atoms with E-state index in [0.29, 0.717) is 12.5 Å². The van der Waals surface area contributed by atoms with Gasteiger partial charge in [0.2, 0.25) is 0 Å². The van der Waals surface area contributed by atoms with Crippen LogP contribution in [0.15, 0.2) is 46.9 Å². The molecular formula is C17H19BrFN. The molecular weight excluding hydrogens is 317 g/mol. The van der Waals surface area contributed by atoms with Gasteiger partial charge in [0, 0.05) is 16.7 Å². The molecule has 0 heterocycles. The standard InChI is InChI=1S/C17H19BrFN/c1-3-12(2)13-5-8-16(9-6-13)20-11-14-4-7-15(19)10-17(14)18/h4-10,12,20H,3,11H2,1-2H3. The fraction of sp³-hybridized carbons (Fsp3) is 0.294. The van der Waals surface area contributed by atoms with Crippen LogP contribution in [0.5, 0.6) is 0 Å². The lowest BCUT2D eigenvalue weighted by Crippen LogP contribution is -2.01. The maximum absolute atomic E-state index is 13.0. The largest absolute Gasteiger partial charge is 0.381 e. The summed E-state index contributed by atoms with van der Waals surface area (Å²) in [7, 11) is 0. The predicted octanol–water partition coefficient (Wildman–Crippen LogP) is 5.71. The van der Waals surface area contributed by atoms with E-state index in [9.17, 15) is 4.39 Å². The second kappa shape index (κ2) is 6.89. The van der Waals surface area contributed by atoms with Gasteiger partial charge in [0.25, 0.3) is 0 Å². The number of benzene rings is 2. The van der Waals surface area contributed by atoms with Crippen molar-refractivity contribution in [3.8, 4) is 0 Å². The average Bonchev–Trinajstić information content (AvgIpc) is 2.46. The lowest BCUT2D eigenvalue weighted by molar-refractivity contribution is 0.626. The summed E-state index contributed by atoms with van der Waals surface area (Å²) in [5, 5.41) is 3.35. The summed E-state index contributed by atoms with van der Waals surface area (Å²) in [6.07, 6.45) is 1.15. The quantitative estimate of drug-likeness (QED) is 0.737. The van der Waals surface area contributed by atoms with Crippen LogP contribution in [-0.4, -0.2) is 0 Å². The number of halogens is 2. The molecule has 0 radical (unpaired) electrons. The molecule has 0 aromatic heterocycles. The highest BCUT2D eigenvalue weighted by Gasteiger charge is 2.04. The maximum atomic E-state index is 13.0. The molecule has 1 nitrogen and oxygen atoms in total. The number of hydrogen-bond donors (Lipinski definition) is 1. The van der Waals surface area contributed by atoms with Gasteiger partial charge in [-0.25, -0.2) is 4.39 Å². The molecule has 0 aliphatic rings. The molecule has 3 heteroatoms. The summed E-state index contributed by atoms with van der Waals surface area (Å²) < 4.78 is 13.8. The monoisotopic (exact) mass is 335 g/mol. The maximum Gasteiger partial charge on any atom is 0.124 e. The molecule has 106 valence electrons. The van der Waals surface area contributed by atoms with Crippen molar-refractivity contribution in [3.63, 3.8) is 0 Å². The van der Waals surface area contributed by atoms with Crippen LogP contribution in [0.25, 0.3) is 0 Å². The van der Waals surface area contributed by atoms with Gasteiger partial charge >= 0.3 is 0 Å². The molecule has 0 saturated heterocycles. The Morgan fingerprint density at radius 2 is 1.85 bits per heavy atom. The van der Waals surface area contributed by atoms with E-state index < -0.39 is 0 Å². The predicted molar refractivity (Wildman–Crippen MR) is 86.6 cm³/mol. The molecule has 2 aromatic rings. The van der Waals surface area contributed by atoms with Crippen LogP contribution in [0.4, 0.5) is 10.1 Å². The molecule has 0 aliphatic carbocycles. The lowest BCUT2D eigenvalue weighted by Gasteiger charge is -2.12. The summed E-state index contributed by atoms with van der Waals surface area (Å²) in [5.41, 5.74) is 3.48. The van der Waals surface area contributed by atoms with Crippen molar-refractivity contribution < 1.29 is 4.39 Å². The smallest absolute Gasteiger partial charge is 0.124 e. The second-order valence-electron chi connectivity index (χ2n) is 5.02. The summed E-state index contributed by atoms with van der Waals surface area (Å²) in [4.78, 5) is 0. The van der Waals surface area contributed by atoms with Crippen LogP contribution in [0, 0.1) is 5.82 Å². The van der Waals surface area contributed by atoms with Gasteiger partial charge in [0.1, 0.15) is 5.82 Å². The van der Waals surface area contributed by atoms with Gasteiger partial charge in [-0.15, -0.1) is 0 Å². The zero-order valence-electron chi connectivity index (χ0n) is 11.8. The minimum atomic E-state index is -0.224. The third-order valence-corrected chi connectivity index (χ3v) is 4.33. The number of rotatable bonds is 5. The van der Waals surface area contributed by atoms with Gasteiger partial charge in [0.05, 0.1) is 0 Å². The van der Waals surface area contributed by atoms with Gasteiger partial charge in [-0.1, -0.05) is 48.0 Å². The van der Waals surface area contributed by atoms with Crippen molar-refractivity contribution in [3.05, 3.63) is 63.9 Å². The van der Waals surface area contributed by atoms with E-state index in [1.807, 2.05) is 0 Å². The third kappa shape index (κ3) is 3.83. The lowest BCUT2D eigenvalue weighted by atomic mass is 9.99. The van der Waals surface area contributed by atoms with Crippen molar-refractivity contribution in [1.29, 1.82) is 0 Å². The van der Waals surface area contributed by atoms with Gasteiger partial charge in [-0.05, 0) is 47.7 Å². The fourth-order valence-electron chi connectivity index (χ4n) is 2.03. The van der Waals surface area contributed by atoms with Crippen LogP contribution in [0.3, 0.4) is 0 Å².